The smallest absolute Gasteiger partial charge is 0.00682 e. The van der Waals surface area contributed by atoms with E-state index in [9.17, 15) is 0 Å². The average Bonchev–Trinajstić information content (AvgIpc) is 2.82. The molecule has 1 rings (SSSR count). The lowest BCUT2D eigenvalue weighted by molar-refractivity contribution is 0.459. The van der Waals surface area contributed by atoms with Crippen LogP contribution < -0.4 is 11.1 Å². The van der Waals surface area contributed by atoms with Gasteiger partial charge in [-0.2, -0.15) is 0 Å². The summed E-state index contributed by atoms with van der Waals surface area (Å²) in [6.45, 7) is 4.23. The van der Waals surface area contributed by atoms with Crippen LogP contribution in [0.2, 0.25) is 0 Å². The summed E-state index contributed by atoms with van der Waals surface area (Å²) < 4.78 is 0. The zero-order chi connectivity index (χ0) is 8.10. The van der Waals surface area contributed by atoms with Crippen LogP contribution in [0.25, 0.3) is 0 Å². The molecule has 1 aliphatic carbocycles. The molecule has 0 aliphatic heterocycles. The average molecular weight is 156 g/mol. The summed E-state index contributed by atoms with van der Waals surface area (Å²) >= 11 is 0. The third-order valence-electron chi connectivity index (χ3n) is 2.47. The molecule has 0 amide bonds. The van der Waals surface area contributed by atoms with Crippen molar-refractivity contribution in [1.29, 1.82) is 0 Å². The number of rotatable bonds is 6. The fraction of sp³-hybridized carbons (Fsp3) is 1.00. The van der Waals surface area contributed by atoms with Crippen LogP contribution >= 0.6 is 0 Å². The van der Waals surface area contributed by atoms with Crippen molar-refractivity contribution in [3.8, 4) is 0 Å². The van der Waals surface area contributed by atoms with Gasteiger partial charge in [0.05, 0.1) is 0 Å². The summed E-state index contributed by atoms with van der Waals surface area (Å²) in [7, 11) is 0. The Morgan fingerprint density at radius 2 is 2.27 bits per heavy atom. The van der Waals surface area contributed by atoms with Gasteiger partial charge in [-0.05, 0) is 38.3 Å². The monoisotopic (exact) mass is 156 g/mol. The van der Waals surface area contributed by atoms with Crippen molar-refractivity contribution in [3.05, 3.63) is 0 Å². The van der Waals surface area contributed by atoms with E-state index in [1.165, 1.54) is 32.2 Å². The van der Waals surface area contributed by atoms with Gasteiger partial charge in [0.1, 0.15) is 0 Å². The van der Waals surface area contributed by atoms with Gasteiger partial charge in [-0.1, -0.05) is 13.3 Å². The fourth-order valence-electron chi connectivity index (χ4n) is 1.27. The van der Waals surface area contributed by atoms with E-state index in [2.05, 4.69) is 12.2 Å². The molecule has 0 heterocycles. The second-order valence-electron chi connectivity index (χ2n) is 3.53. The zero-order valence-corrected chi connectivity index (χ0v) is 7.47. The SMILES string of the molecule is CCC(CN)CCNC1CC1. The van der Waals surface area contributed by atoms with Crippen molar-refractivity contribution in [2.75, 3.05) is 13.1 Å². The van der Waals surface area contributed by atoms with E-state index in [0.29, 0.717) is 0 Å². The van der Waals surface area contributed by atoms with Crippen LogP contribution in [0.5, 0.6) is 0 Å². The van der Waals surface area contributed by atoms with Gasteiger partial charge in [-0.3, -0.25) is 0 Å². The van der Waals surface area contributed by atoms with E-state index in [1.54, 1.807) is 0 Å². The lowest BCUT2D eigenvalue weighted by Gasteiger charge is -2.11. The summed E-state index contributed by atoms with van der Waals surface area (Å²) in [5.74, 6) is 0.737. The van der Waals surface area contributed by atoms with Crippen LogP contribution in [0.1, 0.15) is 32.6 Å². The fourth-order valence-corrected chi connectivity index (χ4v) is 1.27. The normalized spacial score (nSPS) is 20.2. The summed E-state index contributed by atoms with van der Waals surface area (Å²) in [4.78, 5) is 0. The number of nitrogens with one attached hydrogen (secondary N) is 1. The highest BCUT2D eigenvalue weighted by molar-refractivity contribution is 4.80. The van der Waals surface area contributed by atoms with Crippen molar-refractivity contribution in [3.63, 3.8) is 0 Å². The van der Waals surface area contributed by atoms with Crippen LogP contribution in [-0.4, -0.2) is 19.1 Å². The van der Waals surface area contributed by atoms with Crippen LogP contribution in [0.4, 0.5) is 0 Å². The Balaban J connectivity index is 1.90. The Morgan fingerprint density at radius 1 is 1.55 bits per heavy atom. The molecule has 0 saturated heterocycles. The Labute approximate surface area is 69.5 Å². The summed E-state index contributed by atoms with van der Waals surface area (Å²) in [6, 6.07) is 0.852. The van der Waals surface area contributed by atoms with Crippen molar-refractivity contribution in [1.82, 2.24) is 5.32 Å². The van der Waals surface area contributed by atoms with Gasteiger partial charge in [0.15, 0.2) is 0 Å². The van der Waals surface area contributed by atoms with E-state index in [-0.39, 0.29) is 0 Å². The Hall–Kier alpha value is -0.0800. The maximum atomic E-state index is 5.59. The minimum Gasteiger partial charge on any atom is -0.330 e. The molecule has 0 spiro atoms. The van der Waals surface area contributed by atoms with E-state index in [0.717, 1.165) is 18.5 Å². The topological polar surface area (TPSA) is 38.0 Å². The largest absolute Gasteiger partial charge is 0.330 e. The molecule has 1 fully saturated rings. The highest BCUT2D eigenvalue weighted by Crippen LogP contribution is 2.18. The van der Waals surface area contributed by atoms with Crippen LogP contribution in [-0.2, 0) is 0 Å². The van der Waals surface area contributed by atoms with Crippen molar-refractivity contribution < 1.29 is 0 Å². The second kappa shape index (κ2) is 4.73. The maximum absolute atomic E-state index is 5.59. The molecule has 0 aromatic rings. The first-order chi connectivity index (χ1) is 5.36. The minimum atomic E-state index is 0.737. The molecule has 1 atom stereocenters. The minimum absolute atomic E-state index is 0.737. The predicted molar refractivity (Wildman–Crippen MR) is 48.5 cm³/mol. The molecule has 1 saturated carbocycles. The van der Waals surface area contributed by atoms with E-state index >= 15 is 0 Å². The molecule has 0 aromatic carbocycles. The molecule has 2 heteroatoms. The van der Waals surface area contributed by atoms with Gasteiger partial charge in [0.25, 0.3) is 0 Å². The number of nitrogens with two attached hydrogens (primary N) is 1. The molecule has 3 N–H and O–H groups in total. The quantitative estimate of drug-likeness (QED) is 0.604. The molecule has 2 nitrogen and oxygen atoms in total. The van der Waals surface area contributed by atoms with Gasteiger partial charge in [0.2, 0.25) is 0 Å². The van der Waals surface area contributed by atoms with E-state index < -0.39 is 0 Å². The van der Waals surface area contributed by atoms with E-state index in [1.807, 2.05) is 0 Å². The van der Waals surface area contributed by atoms with Gasteiger partial charge < -0.3 is 11.1 Å². The van der Waals surface area contributed by atoms with E-state index in [4.69, 9.17) is 5.73 Å². The zero-order valence-electron chi connectivity index (χ0n) is 7.47. The molecule has 0 bridgehead atoms. The first-order valence-corrected chi connectivity index (χ1v) is 4.80. The van der Waals surface area contributed by atoms with Crippen LogP contribution in [0.3, 0.4) is 0 Å². The highest BCUT2D eigenvalue weighted by atomic mass is 14.9. The van der Waals surface area contributed by atoms with Gasteiger partial charge >= 0.3 is 0 Å². The van der Waals surface area contributed by atoms with Crippen molar-refractivity contribution in [2.45, 2.75) is 38.6 Å². The number of hydrogen-bond acceptors (Lipinski definition) is 2. The van der Waals surface area contributed by atoms with Crippen molar-refractivity contribution in [2.24, 2.45) is 11.7 Å². The van der Waals surface area contributed by atoms with Crippen LogP contribution in [0.15, 0.2) is 0 Å². The first kappa shape index (κ1) is 9.01. The summed E-state index contributed by atoms with van der Waals surface area (Å²) in [5, 5.41) is 3.50. The third kappa shape index (κ3) is 3.73. The van der Waals surface area contributed by atoms with Gasteiger partial charge in [-0.25, -0.2) is 0 Å². The van der Waals surface area contributed by atoms with Gasteiger partial charge in [-0.15, -0.1) is 0 Å². The summed E-state index contributed by atoms with van der Waals surface area (Å²) in [6.07, 6.45) is 5.26. The Kier molecular flexibility index (Phi) is 3.87. The molecule has 0 radical (unpaired) electrons. The lowest BCUT2D eigenvalue weighted by Crippen LogP contribution is -2.23. The molecular formula is C9H20N2. The Morgan fingerprint density at radius 3 is 2.73 bits per heavy atom. The first-order valence-electron chi connectivity index (χ1n) is 4.80. The molecule has 66 valence electrons. The van der Waals surface area contributed by atoms with Crippen LogP contribution in [0, 0.1) is 5.92 Å². The standard InChI is InChI=1S/C9H20N2/c1-2-8(7-10)5-6-11-9-3-4-9/h8-9,11H,2-7,10H2,1H3. The van der Waals surface area contributed by atoms with Crippen molar-refractivity contribution >= 4 is 0 Å². The lowest BCUT2D eigenvalue weighted by atomic mass is 10.0. The molecule has 1 unspecified atom stereocenters. The number of hydrogen-bond donors (Lipinski definition) is 2. The second-order valence-corrected chi connectivity index (χ2v) is 3.53. The summed E-state index contributed by atoms with van der Waals surface area (Å²) in [5.41, 5.74) is 5.59. The maximum Gasteiger partial charge on any atom is 0.00682 e. The van der Waals surface area contributed by atoms with Gasteiger partial charge in [0, 0.05) is 6.04 Å². The Bertz CT molecular complexity index is 95.7. The molecule has 11 heavy (non-hydrogen) atoms. The molecule has 0 aromatic heterocycles. The predicted octanol–water partition coefficient (Wildman–Crippen LogP) is 1.11. The highest BCUT2D eigenvalue weighted by Gasteiger charge is 2.19. The molecular weight excluding hydrogens is 136 g/mol. The third-order valence-corrected chi connectivity index (χ3v) is 2.47. The molecule has 1 aliphatic rings.